The molecule has 6 heteroatoms. The van der Waals surface area contributed by atoms with Crippen LogP contribution in [0.5, 0.6) is 0 Å². The summed E-state index contributed by atoms with van der Waals surface area (Å²) >= 11 is 6.10. The number of cyclic esters (lactones) is 1. The van der Waals surface area contributed by atoms with E-state index in [1.807, 2.05) is 18.2 Å². The fraction of sp³-hybridized carbons (Fsp3) is 0.632. The van der Waals surface area contributed by atoms with Crippen molar-refractivity contribution < 1.29 is 9.53 Å². The number of carbonyl (C=O) groups excluding carboxylic acids is 1. The van der Waals surface area contributed by atoms with E-state index in [0.29, 0.717) is 0 Å². The van der Waals surface area contributed by atoms with Gasteiger partial charge in [-0.2, -0.15) is 0 Å². The van der Waals surface area contributed by atoms with Crippen molar-refractivity contribution in [3.05, 3.63) is 29.3 Å². The summed E-state index contributed by atoms with van der Waals surface area (Å²) < 4.78 is 5.75. The number of carbonyl (C=O) groups is 1. The number of halogens is 1. The molecule has 1 aromatic rings. The van der Waals surface area contributed by atoms with Crippen molar-refractivity contribution in [2.75, 3.05) is 50.7 Å². The Kier molecular flexibility index (Phi) is 4.89. The predicted octanol–water partition coefficient (Wildman–Crippen LogP) is 2.15. The first-order valence-electron chi connectivity index (χ1n) is 9.29. The van der Waals surface area contributed by atoms with Crippen molar-refractivity contribution in [2.24, 2.45) is 5.41 Å². The van der Waals surface area contributed by atoms with Crippen LogP contribution in [0.2, 0.25) is 5.02 Å². The lowest BCUT2D eigenvalue weighted by Gasteiger charge is -2.37. The summed E-state index contributed by atoms with van der Waals surface area (Å²) in [5.74, 6) is 0.0385. The van der Waals surface area contributed by atoms with Gasteiger partial charge in [-0.05, 0) is 44.1 Å². The first kappa shape index (κ1) is 17.1. The number of anilines is 1. The number of benzene rings is 1. The van der Waals surface area contributed by atoms with E-state index in [2.05, 4.69) is 21.2 Å². The molecule has 1 spiro atoms. The Labute approximate surface area is 154 Å². The van der Waals surface area contributed by atoms with Gasteiger partial charge >= 0.3 is 5.97 Å². The molecule has 3 fully saturated rings. The minimum absolute atomic E-state index is 0.0385. The molecule has 3 aliphatic heterocycles. The van der Waals surface area contributed by atoms with Crippen molar-refractivity contribution in [1.29, 1.82) is 0 Å². The van der Waals surface area contributed by atoms with Crippen LogP contribution in [0.4, 0.5) is 5.69 Å². The van der Waals surface area contributed by atoms with Gasteiger partial charge in [0.2, 0.25) is 0 Å². The van der Waals surface area contributed by atoms with E-state index in [9.17, 15) is 4.79 Å². The van der Waals surface area contributed by atoms with Crippen LogP contribution in [0, 0.1) is 5.41 Å². The van der Waals surface area contributed by atoms with E-state index < -0.39 is 0 Å². The SMILES string of the molecule is O=C1OC(CN2CCN(c3cccc(Cl)c3)CC2)CC12CCNCC2. The van der Waals surface area contributed by atoms with E-state index in [4.69, 9.17) is 16.3 Å². The molecule has 1 unspecified atom stereocenters. The second-order valence-corrected chi connectivity index (χ2v) is 7.97. The van der Waals surface area contributed by atoms with Crippen molar-refractivity contribution in [3.63, 3.8) is 0 Å². The number of ether oxygens (including phenoxy) is 1. The lowest BCUT2D eigenvalue weighted by atomic mass is 9.76. The topological polar surface area (TPSA) is 44.8 Å². The second kappa shape index (κ2) is 7.14. The summed E-state index contributed by atoms with van der Waals surface area (Å²) in [4.78, 5) is 17.2. The van der Waals surface area contributed by atoms with Gasteiger partial charge in [-0.3, -0.25) is 9.69 Å². The molecule has 3 aliphatic rings. The van der Waals surface area contributed by atoms with E-state index in [0.717, 1.165) is 70.1 Å². The highest BCUT2D eigenvalue weighted by atomic mass is 35.5. The van der Waals surface area contributed by atoms with Crippen LogP contribution in [-0.2, 0) is 9.53 Å². The molecule has 1 aromatic carbocycles. The van der Waals surface area contributed by atoms with Crippen LogP contribution in [0.3, 0.4) is 0 Å². The Bertz CT molecular complexity index is 625. The van der Waals surface area contributed by atoms with Crippen LogP contribution < -0.4 is 10.2 Å². The molecule has 25 heavy (non-hydrogen) atoms. The number of nitrogens with one attached hydrogen (secondary N) is 1. The average Bonchev–Trinajstić information content (AvgIpc) is 2.91. The zero-order valence-corrected chi connectivity index (χ0v) is 15.3. The molecule has 1 N–H and O–H groups in total. The molecule has 3 heterocycles. The number of hydrogen-bond acceptors (Lipinski definition) is 5. The molecule has 5 nitrogen and oxygen atoms in total. The number of piperidine rings is 1. The van der Waals surface area contributed by atoms with Crippen molar-refractivity contribution in [3.8, 4) is 0 Å². The van der Waals surface area contributed by atoms with Gasteiger partial charge in [0.1, 0.15) is 6.10 Å². The normalized spacial score (nSPS) is 26.8. The third-order valence-corrected chi connectivity index (χ3v) is 6.13. The second-order valence-electron chi connectivity index (χ2n) is 7.53. The van der Waals surface area contributed by atoms with E-state index in [-0.39, 0.29) is 17.5 Å². The molecule has 0 radical (unpaired) electrons. The van der Waals surface area contributed by atoms with Gasteiger partial charge in [0.05, 0.1) is 5.41 Å². The highest BCUT2D eigenvalue weighted by molar-refractivity contribution is 6.30. The number of rotatable bonds is 3. The first-order chi connectivity index (χ1) is 12.1. The van der Waals surface area contributed by atoms with Crippen LogP contribution in [0.25, 0.3) is 0 Å². The Balaban J connectivity index is 1.30. The molecule has 0 amide bonds. The standard InChI is InChI=1S/C19H26ClN3O2/c20-15-2-1-3-16(12-15)23-10-8-22(9-11-23)14-17-13-19(18(24)25-17)4-6-21-7-5-19/h1-3,12,17,21H,4-11,13-14H2. The molecule has 1 atom stereocenters. The monoisotopic (exact) mass is 363 g/mol. The average molecular weight is 364 g/mol. The summed E-state index contributed by atoms with van der Waals surface area (Å²) in [6.45, 7) is 6.68. The number of nitrogens with zero attached hydrogens (tertiary/aromatic N) is 2. The van der Waals surface area contributed by atoms with Crippen LogP contribution >= 0.6 is 11.6 Å². The maximum Gasteiger partial charge on any atom is 0.312 e. The maximum atomic E-state index is 12.4. The van der Waals surface area contributed by atoms with Crippen molar-refractivity contribution >= 4 is 23.3 Å². The van der Waals surface area contributed by atoms with Gasteiger partial charge in [-0.25, -0.2) is 0 Å². The zero-order chi connectivity index (χ0) is 17.3. The third-order valence-electron chi connectivity index (χ3n) is 5.89. The molecular formula is C19H26ClN3O2. The quantitative estimate of drug-likeness (QED) is 0.834. The summed E-state index contributed by atoms with van der Waals surface area (Å²) in [5, 5.41) is 4.13. The molecule has 0 aliphatic carbocycles. The summed E-state index contributed by atoms with van der Waals surface area (Å²) in [5.41, 5.74) is 0.978. The minimum atomic E-state index is -0.210. The third kappa shape index (κ3) is 3.64. The Morgan fingerprint density at radius 3 is 2.68 bits per heavy atom. The molecule has 3 saturated heterocycles. The number of piperazine rings is 1. The van der Waals surface area contributed by atoms with E-state index in [1.165, 1.54) is 5.69 Å². The molecule has 136 valence electrons. The van der Waals surface area contributed by atoms with E-state index in [1.54, 1.807) is 0 Å². The number of hydrogen-bond donors (Lipinski definition) is 1. The van der Waals surface area contributed by atoms with Crippen molar-refractivity contribution in [1.82, 2.24) is 10.2 Å². The van der Waals surface area contributed by atoms with Crippen LogP contribution in [0.15, 0.2) is 24.3 Å². The maximum absolute atomic E-state index is 12.4. The van der Waals surface area contributed by atoms with Gasteiger partial charge in [-0.15, -0.1) is 0 Å². The molecule has 0 aromatic heterocycles. The fourth-order valence-corrected chi connectivity index (χ4v) is 4.59. The zero-order valence-electron chi connectivity index (χ0n) is 14.5. The Hall–Kier alpha value is -1.30. The van der Waals surface area contributed by atoms with Gasteiger partial charge in [0.15, 0.2) is 0 Å². The highest BCUT2D eigenvalue weighted by Crippen LogP contribution is 2.41. The van der Waals surface area contributed by atoms with Crippen molar-refractivity contribution in [2.45, 2.75) is 25.4 Å². The van der Waals surface area contributed by atoms with Gasteiger partial charge in [0.25, 0.3) is 0 Å². The largest absolute Gasteiger partial charge is 0.461 e. The van der Waals surface area contributed by atoms with E-state index >= 15 is 0 Å². The summed E-state index contributed by atoms with van der Waals surface area (Å²) in [7, 11) is 0. The first-order valence-corrected chi connectivity index (χ1v) is 9.67. The smallest absolute Gasteiger partial charge is 0.312 e. The molecule has 0 bridgehead atoms. The minimum Gasteiger partial charge on any atom is -0.461 e. The van der Waals surface area contributed by atoms with Crippen LogP contribution in [-0.4, -0.2) is 62.8 Å². The fourth-order valence-electron chi connectivity index (χ4n) is 4.40. The van der Waals surface area contributed by atoms with Gasteiger partial charge in [0, 0.05) is 49.9 Å². The Morgan fingerprint density at radius 2 is 1.96 bits per heavy atom. The van der Waals surface area contributed by atoms with Crippen LogP contribution in [0.1, 0.15) is 19.3 Å². The molecular weight excluding hydrogens is 338 g/mol. The predicted molar refractivity (Wildman–Crippen MR) is 99.1 cm³/mol. The highest BCUT2D eigenvalue weighted by Gasteiger charge is 2.49. The number of esters is 1. The molecule has 4 rings (SSSR count). The summed E-state index contributed by atoms with van der Waals surface area (Å²) in [6.07, 6.45) is 2.79. The van der Waals surface area contributed by atoms with Gasteiger partial charge in [-0.1, -0.05) is 17.7 Å². The summed E-state index contributed by atoms with van der Waals surface area (Å²) in [6, 6.07) is 8.05. The lowest BCUT2D eigenvalue weighted by molar-refractivity contribution is -0.150. The molecule has 0 saturated carbocycles. The lowest BCUT2D eigenvalue weighted by Crippen LogP contribution is -2.48. The van der Waals surface area contributed by atoms with Gasteiger partial charge < -0.3 is 15.0 Å². The Morgan fingerprint density at radius 1 is 1.20 bits per heavy atom.